The van der Waals surface area contributed by atoms with E-state index in [-0.39, 0.29) is 30.9 Å². The van der Waals surface area contributed by atoms with Crippen LogP contribution in [0.4, 0.5) is 23.7 Å². The van der Waals surface area contributed by atoms with Crippen molar-refractivity contribution in [1.82, 2.24) is 24.7 Å². The maximum atomic E-state index is 14.1. The molecule has 0 bridgehead atoms. The second kappa shape index (κ2) is 12.4. The van der Waals surface area contributed by atoms with Gasteiger partial charge in [-0.1, -0.05) is 19.1 Å². The van der Waals surface area contributed by atoms with Gasteiger partial charge in [-0.3, -0.25) is 4.90 Å². The Morgan fingerprint density at radius 1 is 1.11 bits per heavy atom. The minimum atomic E-state index is -4.58. The maximum absolute atomic E-state index is 14.1. The molecule has 0 radical (unpaired) electrons. The van der Waals surface area contributed by atoms with Crippen molar-refractivity contribution in [3.8, 4) is 17.6 Å². The largest absolute Gasteiger partial charge is 0.457 e. The minimum Gasteiger partial charge on any atom is -0.457 e. The van der Waals surface area contributed by atoms with Crippen LogP contribution >= 0.6 is 0 Å². The number of ether oxygens (including phenoxy) is 1. The number of piperazine rings is 1. The van der Waals surface area contributed by atoms with Crippen LogP contribution in [0.15, 0.2) is 54.7 Å². The lowest BCUT2D eigenvalue weighted by Crippen LogP contribution is -2.45. The summed E-state index contributed by atoms with van der Waals surface area (Å²) in [6.07, 6.45) is -2.93. The summed E-state index contributed by atoms with van der Waals surface area (Å²) in [4.78, 5) is 26.6. The van der Waals surface area contributed by atoms with Crippen LogP contribution in [0.25, 0.3) is 11.0 Å². The highest BCUT2D eigenvalue weighted by Crippen LogP contribution is 2.37. The number of benzene rings is 2. The van der Waals surface area contributed by atoms with E-state index in [1.807, 2.05) is 24.0 Å². The predicted molar refractivity (Wildman–Crippen MR) is 164 cm³/mol. The summed E-state index contributed by atoms with van der Waals surface area (Å²) in [5, 5.41) is 13.4. The molecule has 2 amide bonds. The number of carbonyl (C=O) groups excluding carboxylic acids is 1. The van der Waals surface area contributed by atoms with Gasteiger partial charge in [0.1, 0.15) is 17.1 Å². The number of carbonyl (C=O) groups is 1. The van der Waals surface area contributed by atoms with Crippen molar-refractivity contribution in [1.29, 1.82) is 5.26 Å². The first-order valence-corrected chi connectivity index (χ1v) is 15.0. The molecule has 2 aliphatic rings. The number of aromatic nitrogens is 2. The number of rotatable bonds is 6. The fourth-order valence-electron chi connectivity index (χ4n) is 6.09. The number of hydrogen-bond donors (Lipinski definition) is 2. The number of aromatic amines is 1. The second-order valence-corrected chi connectivity index (χ2v) is 11.6. The number of hydrogen-bond acceptors (Lipinski definition) is 6. The van der Waals surface area contributed by atoms with Crippen molar-refractivity contribution in [2.45, 2.75) is 39.0 Å². The number of amides is 2. The van der Waals surface area contributed by atoms with Gasteiger partial charge in [0.25, 0.3) is 0 Å². The standard InChI is InChI=1S/C33H34F3N7O2/c1-3-41-10-12-42(13-11-41)18-22-4-5-25(16-29(22)33(34,35)36)40-32(44)43-19-23-15-26(6-7-27(23)24(17-37)20-43)45-30-8-9-38-31-28(30)14-21(2)39-31/h4-9,14-16,24H,3,10-13,18-20H2,1-2H3,(H,38,39)(H,40,44). The van der Waals surface area contributed by atoms with E-state index >= 15 is 0 Å². The molecule has 2 aromatic heterocycles. The SMILES string of the molecule is CCN1CCN(Cc2ccc(NC(=O)N3Cc4cc(Oc5ccnc6[nH]c(C)cc56)ccc4C(C#N)C3)cc2C(F)(F)F)CC1. The van der Waals surface area contributed by atoms with Crippen LogP contribution in [0.1, 0.15) is 40.8 Å². The number of urea groups is 1. The molecule has 1 unspecified atom stereocenters. The summed E-state index contributed by atoms with van der Waals surface area (Å²) in [7, 11) is 0. The normalized spacial score (nSPS) is 17.6. The molecule has 45 heavy (non-hydrogen) atoms. The lowest BCUT2D eigenvalue weighted by atomic mass is 9.90. The van der Waals surface area contributed by atoms with E-state index in [0.29, 0.717) is 30.2 Å². The second-order valence-electron chi connectivity index (χ2n) is 11.6. The monoisotopic (exact) mass is 617 g/mol. The molecule has 9 nitrogen and oxygen atoms in total. The third-order valence-corrected chi connectivity index (χ3v) is 8.52. The minimum absolute atomic E-state index is 0.0479. The predicted octanol–water partition coefficient (Wildman–Crippen LogP) is 6.47. The lowest BCUT2D eigenvalue weighted by Gasteiger charge is -2.34. The molecule has 12 heteroatoms. The summed E-state index contributed by atoms with van der Waals surface area (Å²) in [5.41, 5.74) is 2.62. The van der Waals surface area contributed by atoms with Crippen molar-refractivity contribution >= 4 is 22.8 Å². The first-order chi connectivity index (χ1) is 21.6. The zero-order valence-corrected chi connectivity index (χ0v) is 25.1. The molecule has 4 aromatic rings. The Morgan fingerprint density at radius 3 is 2.62 bits per heavy atom. The molecule has 0 spiro atoms. The highest BCUT2D eigenvalue weighted by atomic mass is 19.4. The number of H-pyrrole nitrogens is 1. The van der Waals surface area contributed by atoms with Gasteiger partial charge in [-0.05, 0) is 66.6 Å². The number of fused-ring (bicyclic) bond motifs is 2. The summed E-state index contributed by atoms with van der Waals surface area (Å²) >= 11 is 0. The van der Waals surface area contributed by atoms with Crippen LogP contribution in [0.5, 0.6) is 11.5 Å². The summed E-state index contributed by atoms with van der Waals surface area (Å²) in [6, 6.07) is 14.7. The van der Waals surface area contributed by atoms with Gasteiger partial charge in [0.15, 0.2) is 0 Å². The van der Waals surface area contributed by atoms with E-state index in [0.717, 1.165) is 47.9 Å². The molecule has 0 saturated carbocycles. The smallest absolute Gasteiger partial charge is 0.416 e. The molecular weight excluding hydrogens is 583 g/mol. The summed E-state index contributed by atoms with van der Waals surface area (Å²) in [6.45, 7) is 8.43. The van der Waals surface area contributed by atoms with Gasteiger partial charge in [0.2, 0.25) is 0 Å². The van der Waals surface area contributed by atoms with E-state index in [4.69, 9.17) is 4.74 Å². The summed E-state index contributed by atoms with van der Waals surface area (Å²) in [5.74, 6) is 0.536. The van der Waals surface area contributed by atoms with Crippen LogP contribution in [-0.2, 0) is 19.3 Å². The molecule has 1 fully saturated rings. The number of nitriles is 1. The topological polar surface area (TPSA) is 101 Å². The van der Waals surface area contributed by atoms with Crippen LogP contribution in [0.3, 0.4) is 0 Å². The Hall–Kier alpha value is -4.60. The Morgan fingerprint density at radius 2 is 1.89 bits per heavy atom. The Kier molecular flexibility index (Phi) is 8.40. The number of likely N-dealkylation sites (N-methyl/N-ethyl adjacent to an activating group) is 1. The van der Waals surface area contributed by atoms with Crippen LogP contribution in [0, 0.1) is 18.3 Å². The van der Waals surface area contributed by atoms with E-state index in [1.54, 1.807) is 24.4 Å². The number of halogens is 3. The average Bonchev–Trinajstić information content (AvgIpc) is 3.42. The molecule has 1 atom stereocenters. The maximum Gasteiger partial charge on any atom is 0.416 e. The van der Waals surface area contributed by atoms with Crippen molar-refractivity contribution in [3.63, 3.8) is 0 Å². The molecule has 234 valence electrons. The van der Waals surface area contributed by atoms with Gasteiger partial charge in [0, 0.05) is 63.4 Å². The number of nitrogens with one attached hydrogen (secondary N) is 2. The van der Waals surface area contributed by atoms with E-state index in [9.17, 15) is 23.2 Å². The quantitative estimate of drug-likeness (QED) is 0.257. The van der Waals surface area contributed by atoms with Gasteiger partial charge < -0.3 is 24.8 Å². The fraction of sp³-hybridized carbons (Fsp3) is 0.364. The molecular formula is C33H34F3N7O2. The third kappa shape index (κ3) is 6.60. The molecule has 2 aromatic carbocycles. The van der Waals surface area contributed by atoms with Crippen LogP contribution in [0.2, 0.25) is 0 Å². The molecule has 0 aliphatic carbocycles. The van der Waals surface area contributed by atoms with Gasteiger partial charge in [-0.15, -0.1) is 0 Å². The molecule has 6 rings (SSSR count). The molecule has 4 heterocycles. The number of aryl methyl sites for hydroxylation is 1. The zero-order valence-electron chi connectivity index (χ0n) is 25.1. The van der Waals surface area contributed by atoms with Crippen molar-refractivity contribution in [2.75, 3.05) is 44.6 Å². The van der Waals surface area contributed by atoms with Gasteiger partial charge in [-0.2, -0.15) is 18.4 Å². The van der Waals surface area contributed by atoms with Crippen molar-refractivity contribution in [2.24, 2.45) is 0 Å². The zero-order chi connectivity index (χ0) is 31.7. The Bertz CT molecular complexity index is 1760. The van der Waals surface area contributed by atoms with Gasteiger partial charge in [0.05, 0.1) is 22.9 Å². The molecule has 2 aliphatic heterocycles. The number of nitrogens with zero attached hydrogens (tertiary/aromatic N) is 5. The highest BCUT2D eigenvalue weighted by molar-refractivity contribution is 5.90. The molecule has 1 saturated heterocycles. The Labute approximate surface area is 259 Å². The Balaban J connectivity index is 1.18. The summed E-state index contributed by atoms with van der Waals surface area (Å²) < 4.78 is 48.6. The van der Waals surface area contributed by atoms with Crippen LogP contribution in [-0.4, -0.2) is 70.0 Å². The lowest BCUT2D eigenvalue weighted by molar-refractivity contribution is -0.138. The third-order valence-electron chi connectivity index (χ3n) is 8.52. The first kappa shape index (κ1) is 30.4. The first-order valence-electron chi connectivity index (χ1n) is 15.0. The van der Waals surface area contributed by atoms with Crippen molar-refractivity contribution in [3.05, 3.63) is 82.7 Å². The van der Waals surface area contributed by atoms with E-state index in [2.05, 4.69) is 33.2 Å². The van der Waals surface area contributed by atoms with E-state index in [1.165, 1.54) is 17.0 Å². The molecule has 2 N–H and O–H groups in total. The fourth-order valence-corrected chi connectivity index (χ4v) is 6.09. The van der Waals surface area contributed by atoms with Crippen molar-refractivity contribution < 1.29 is 22.7 Å². The van der Waals surface area contributed by atoms with E-state index < -0.39 is 23.7 Å². The average molecular weight is 618 g/mol. The number of anilines is 1. The van der Waals surface area contributed by atoms with Gasteiger partial charge >= 0.3 is 12.2 Å². The number of alkyl halides is 3. The van der Waals surface area contributed by atoms with Gasteiger partial charge in [-0.25, -0.2) is 9.78 Å². The van der Waals surface area contributed by atoms with Crippen LogP contribution < -0.4 is 10.1 Å². The number of pyridine rings is 1. The highest BCUT2D eigenvalue weighted by Gasteiger charge is 2.35.